The molecule has 0 aliphatic rings. The van der Waals surface area contributed by atoms with Gasteiger partial charge in [0.15, 0.2) is 0 Å². The van der Waals surface area contributed by atoms with Gasteiger partial charge in [-0.25, -0.2) is 13.1 Å². The van der Waals surface area contributed by atoms with Gasteiger partial charge in [-0.1, -0.05) is 54.6 Å². The summed E-state index contributed by atoms with van der Waals surface area (Å²) in [4.78, 5) is 13.0. The maximum Gasteiger partial charge on any atom is 0.255 e. The van der Waals surface area contributed by atoms with Gasteiger partial charge in [0, 0.05) is 11.3 Å². The summed E-state index contributed by atoms with van der Waals surface area (Å²) < 4.78 is 26.6. The summed E-state index contributed by atoms with van der Waals surface area (Å²) in [6.07, 6.45) is 0.637. The molecule has 0 aromatic heterocycles. The molecule has 0 fully saturated rings. The van der Waals surface area contributed by atoms with Crippen molar-refractivity contribution in [3.8, 4) is 0 Å². The predicted octanol–water partition coefficient (Wildman–Crippen LogP) is 3.75. The second-order valence-corrected chi connectivity index (χ2v) is 8.32. The van der Waals surface area contributed by atoms with E-state index in [-0.39, 0.29) is 10.8 Å². The van der Waals surface area contributed by atoms with Gasteiger partial charge in [0.1, 0.15) is 0 Å². The zero-order chi connectivity index (χ0) is 20.1. The molecule has 0 aliphatic heterocycles. The molecule has 1 amide bonds. The number of aryl methyl sites for hydroxylation is 1. The summed E-state index contributed by atoms with van der Waals surface area (Å²) in [5, 5.41) is 2.82. The molecule has 0 radical (unpaired) electrons. The maximum absolute atomic E-state index is 12.9. The Balaban J connectivity index is 1.88. The first kappa shape index (κ1) is 19.8. The van der Waals surface area contributed by atoms with Gasteiger partial charge in [-0.05, 0) is 55.3 Å². The van der Waals surface area contributed by atoms with Gasteiger partial charge < -0.3 is 5.32 Å². The lowest BCUT2D eigenvalue weighted by Crippen LogP contribution is -2.20. The van der Waals surface area contributed by atoms with Crippen molar-refractivity contribution in [3.63, 3.8) is 0 Å². The molecule has 2 N–H and O–H groups in total. The van der Waals surface area contributed by atoms with E-state index in [9.17, 15) is 13.2 Å². The Labute approximate surface area is 165 Å². The minimum Gasteiger partial charge on any atom is -0.322 e. The topological polar surface area (TPSA) is 75.3 Å². The molecule has 0 spiro atoms. The molecule has 5 nitrogen and oxygen atoms in total. The fourth-order valence-corrected chi connectivity index (χ4v) is 3.98. The largest absolute Gasteiger partial charge is 0.322 e. The van der Waals surface area contributed by atoms with Crippen LogP contribution in [-0.4, -0.2) is 21.4 Å². The highest BCUT2D eigenvalue weighted by Crippen LogP contribution is 2.21. The molecule has 3 aromatic carbocycles. The first-order valence-corrected chi connectivity index (χ1v) is 10.4. The van der Waals surface area contributed by atoms with Crippen LogP contribution in [0.4, 0.5) is 5.69 Å². The molecule has 0 heterocycles. The first-order chi connectivity index (χ1) is 13.4. The van der Waals surface area contributed by atoms with E-state index in [0.29, 0.717) is 23.2 Å². The van der Waals surface area contributed by atoms with Crippen LogP contribution < -0.4 is 10.0 Å². The predicted molar refractivity (Wildman–Crippen MR) is 111 cm³/mol. The van der Waals surface area contributed by atoms with E-state index in [2.05, 4.69) is 10.0 Å². The van der Waals surface area contributed by atoms with E-state index in [4.69, 9.17) is 0 Å². The van der Waals surface area contributed by atoms with E-state index in [1.807, 2.05) is 48.5 Å². The highest BCUT2D eigenvalue weighted by molar-refractivity contribution is 7.89. The van der Waals surface area contributed by atoms with Crippen LogP contribution in [0.3, 0.4) is 0 Å². The van der Waals surface area contributed by atoms with Crippen LogP contribution in [0, 0.1) is 6.92 Å². The molecular weight excluding hydrogens is 372 g/mol. The van der Waals surface area contributed by atoms with Crippen LogP contribution in [0.5, 0.6) is 0 Å². The molecule has 0 unspecified atom stereocenters. The van der Waals surface area contributed by atoms with Crippen molar-refractivity contribution in [2.24, 2.45) is 0 Å². The van der Waals surface area contributed by atoms with E-state index in [1.54, 1.807) is 25.1 Å². The third-order valence-electron chi connectivity index (χ3n) is 4.50. The Morgan fingerprint density at radius 1 is 0.929 bits per heavy atom. The highest BCUT2D eigenvalue weighted by atomic mass is 32.2. The highest BCUT2D eigenvalue weighted by Gasteiger charge is 2.17. The first-order valence-electron chi connectivity index (χ1n) is 8.88. The van der Waals surface area contributed by atoms with Crippen LogP contribution in [0.25, 0.3) is 0 Å². The van der Waals surface area contributed by atoms with Crippen LogP contribution >= 0.6 is 0 Å². The summed E-state index contributed by atoms with van der Waals surface area (Å²) in [6.45, 7) is 1.71. The number of benzene rings is 3. The van der Waals surface area contributed by atoms with Crippen LogP contribution in [0.1, 0.15) is 27.0 Å². The lowest BCUT2D eigenvalue weighted by Gasteiger charge is -2.12. The number of rotatable bonds is 6. The second kappa shape index (κ2) is 8.37. The summed E-state index contributed by atoms with van der Waals surface area (Å²) in [6, 6.07) is 22.2. The zero-order valence-corrected chi connectivity index (χ0v) is 16.6. The van der Waals surface area contributed by atoms with Crippen LogP contribution in [-0.2, 0) is 16.4 Å². The monoisotopic (exact) mass is 394 g/mol. The number of nitrogens with one attached hydrogen (secondary N) is 2. The standard InChI is InChI=1S/C22H22N2O3S/c1-16-12-13-19(15-21(16)28(26,27)23-2)24-22(25)20-11-7-6-10-18(20)14-17-8-4-3-5-9-17/h3-13,15,23H,14H2,1-2H3,(H,24,25). The Bertz CT molecular complexity index is 1090. The van der Waals surface area contributed by atoms with Gasteiger partial charge >= 0.3 is 0 Å². The Morgan fingerprint density at radius 2 is 1.61 bits per heavy atom. The summed E-state index contributed by atoms with van der Waals surface area (Å²) in [7, 11) is -2.24. The van der Waals surface area contributed by atoms with Gasteiger partial charge in [0.2, 0.25) is 10.0 Å². The van der Waals surface area contributed by atoms with E-state index in [0.717, 1.165) is 11.1 Å². The SMILES string of the molecule is CNS(=O)(=O)c1cc(NC(=O)c2ccccc2Cc2ccccc2)ccc1C. The van der Waals surface area contributed by atoms with Crippen molar-refractivity contribution in [2.45, 2.75) is 18.2 Å². The molecule has 6 heteroatoms. The maximum atomic E-state index is 12.9. The van der Waals surface area contributed by atoms with Gasteiger partial charge in [0.25, 0.3) is 5.91 Å². The van der Waals surface area contributed by atoms with Crippen LogP contribution in [0.2, 0.25) is 0 Å². The molecule has 28 heavy (non-hydrogen) atoms. The number of hydrogen-bond acceptors (Lipinski definition) is 3. The van der Waals surface area contributed by atoms with E-state index in [1.165, 1.54) is 13.1 Å². The quantitative estimate of drug-likeness (QED) is 0.669. The number of amides is 1. The van der Waals surface area contributed by atoms with Crippen LogP contribution in [0.15, 0.2) is 77.7 Å². The van der Waals surface area contributed by atoms with Gasteiger partial charge in [-0.2, -0.15) is 0 Å². The molecular formula is C22H22N2O3S. The Morgan fingerprint density at radius 3 is 2.32 bits per heavy atom. The number of anilines is 1. The molecule has 0 atom stereocenters. The lowest BCUT2D eigenvalue weighted by atomic mass is 9.99. The van der Waals surface area contributed by atoms with Gasteiger partial charge in [0.05, 0.1) is 4.90 Å². The third-order valence-corrected chi connectivity index (χ3v) is 6.06. The van der Waals surface area contributed by atoms with Crippen molar-refractivity contribution in [2.75, 3.05) is 12.4 Å². The molecule has 3 rings (SSSR count). The molecule has 144 valence electrons. The zero-order valence-electron chi connectivity index (χ0n) is 15.8. The number of carbonyl (C=O) groups is 1. The summed E-state index contributed by atoms with van der Waals surface area (Å²) in [5.41, 5.74) is 3.61. The van der Waals surface area contributed by atoms with Crippen molar-refractivity contribution in [1.29, 1.82) is 0 Å². The van der Waals surface area contributed by atoms with Crippen molar-refractivity contribution in [1.82, 2.24) is 4.72 Å². The fraction of sp³-hybridized carbons (Fsp3) is 0.136. The molecule has 0 saturated carbocycles. The third kappa shape index (κ3) is 4.47. The van der Waals surface area contributed by atoms with Gasteiger partial charge in [-0.3, -0.25) is 4.79 Å². The minimum atomic E-state index is -3.60. The molecule has 3 aromatic rings. The van der Waals surface area contributed by atoms with E-state index < -0.39 is 10.0 Å². The number of hydrogen-bond donors (Lipinski definition) is 2. The average Bonchev–Trinajstić information content (AvgIpc) is 2.70. The number of sulfonamides is 1. The second-order valence-electron chi connectivity index (χ2n) is 6.46. The number of carbonyl (C=O) groups excluding carboxylic acids is 1. The molecule has 0 aliphatic carbocycles. The van der Waals surface area contributed by atoms with Gasteiger partial charge in [-0.15, -0.1) is 0 Å². The van der Waals surface area contributed by atoms with Crippen molar-refractivity contribution >= 4 is 21.6 Å². The minimum absolute atomic E-state index is 0.144. The lowest BCUT2D eigenvalue weighted by molar-refractivity contribution is 0.102. The fourth-order valence-electron chi connectivity index (χ4n) is 2.99. The summed E-state index contributed by atoms with van der Waals surface area (Å²) in [5.74, 6) is -0.275. The smallest absolute Gasteiger partial charge is 0.255 e. The van der Waals surface area contributed by atoms with E-state index >= 15 is 0 Å². The van der Waals surface area contributed by atoms with Crippen molar-refractivity contribution < 1.29 is 13.2 Å². The summed E-state index contributed by atoms with van der Waals surface area (Å²) >= 11 is 0. The van der Waals surface area contributed by atoms with Crippen molar-refractivity contribution in [3.05, 3.63) is 95.1 Å². The molecule has 0 saturated heterocycles. The Kier molecular flexibility index (Phi) is 5.92. The Hall–Kier alpha value is -2.96. The average molecular weight is 394 g/mol. The normalized spacial score (nSPS) is 11.2. The molecule has 0 bridgehead atoms.